The van der Waals surface area contributed by atoms with Gasteiger partial charge in [-0.15, -0.1) is 0 Å². The fourth-order valence-electron chi connectivity index (χ4n) is 2.01. The largest absolute Gasteiger partial charge is 0.394 e. The first-order chi connectivity index (χ1) is 9.63. The monoisotopic (exact) mass is 333 g/mol. The summed E-state index contributed by atoms with van der Waals surface area (Å²) in [5.74, 6) is -0.188. The highest BCUT2D eigenvalue weighted by Gasteiger charge is 2.16. The van der Waals surface area contributed by atoms with E-state index in [-0.39, 0.29) is 12.5 Å². The van der Waals surface area contributed by atoms with Gasteiger partial charge in [0.2, 0.25) is 0 Å². The van der Waals surface area contributed by atoms with Gasteiger partial charge in [0.1, 0.15) is 0 Å². The van der Waals surface area contributed by atoms with Crippen LogP contribution in [0.25, 0.3) is 0 Å². The lowest BCUT2D eigenvalue weighted by Crippen LogP contribution is -2.31. The molecule has 2 aromatic carbocycles. The molecule has 104 valence electrons. The van der Waals surface area contributed by atoms with Gasteiger partial charge in [-0.3, -0.25) is 4.79 Å². The number of aliphatic hydroxyl groups is 1. The number of rotatable bonds is 4. The number of hydrogen-bond acceptors (Lipinski definition) is 2. The first-order valence-electron chi connectivity index (χ1n) is 6.35. The van der Waals surface area contributed by atoms with Crippen LogP contribution in [0, 0.1) is 6.92 Å². The van der Waals surface area contributed by atoms with E-state index in [1.807, 2.05) is 49.4 Å². The van der Waals surface area contributed by atoms with E-state index in [1.165, 1.54) is 0 Å². The average molecular weight is 334 g/mol. The van der Waals surface area contributed by atoms with Gasteiger partial charge in [0.05, 0.1) is 12.6 Å². The number of aliphatic hydroxyl groups excluding tert-OH is 1. The molecule has 0 heterocycles. The molecule has 0 saturated heterocycles. The van der Waals surface area contributed by atoms with Gasteiger partial charge in [-0.25, -0.2) is 0 Å². The Kier molecular flexibility index (Phi) is 4.93. The summed E-state index contributed by atoms with van der Waals surface area (Å²) in [5.41, 5.74) is 2.37. The molecule has 2 rings (SSSR count). The van der Waals surface area contributed by atoms with Gasteiger partial charge in [0, 0.05) is 10.0 Å². The first-order valence-corrected chi connectivity index (χ1v) is 7.14. The number of halogens is 1. The molecule has 3 nitrogen and oxygen atoms in total. The maximum absolute atomic E-state index is 12.3. The molecule has 0 radical (unpaired) electrons. The summed E-state index contributed by atoms with van der Waals surface area (Å²) < 4.78 is 0.894. The summed E-state index contributed by atoms with van der Waals surface area (Å²) in [6.07, 6.45) is 0. The Morgan fingerprint density at radius 2 is 1.90 bits per heavy atom. The molecule has 1 atom stereocenters. The fraction of sp³-hybridized carbons (Fsp3) is 0.188. The molecule has 0 bridgehead atoms. The quantitative estimate of drug-likeness (QED) is 0.902. The van der Waals surface area contributed by atoms with Crippen molar-refractivity contribution in [1.82, 2.24) is 5.32 Å². The topological polar surface area (TPSA) is 49.3 Å². The van der Waals surface area contributed by atoms with E-state index >= 15 is 0 Å². The molecule has 2 aromatic rings. The minimum absolute atomic E-state index is 0.136. The Hall–Kier alpha value is -1.65. The number of amides is 1. The molecule has 0 fully saturated rings. The van der Waals surface area contributed by atoms with Crippen molar-refractivity contribution in [3.05, 3.63) is 69.7 Å². The number of carbonyl (C=O) groups is 1. The number of benzene rings is 2. The fourth-order valence-corrected chi connectivity index (χ4v) is 2.38. The third kappa shape index (κ3) is 3.26. The van der Waals surface area contributed by atoms with E-state index < -0.39 is 6.04 Å². The molecule has 20 heavy (non-hydrogen) atoms. The normalized spacial score (nSPS) is 11.9. The predicted octanol–water partition coefficient (Wildman–Crippen LogP) is 3.22. The molecule has 1 amide bonds. The van der Waals surface area contributed by atoms with Crippen LogP contribution in [-0.4, -0.2) is 17.6 Å². The third-order valence-electron chi connectivity index (χ3n) is 3.20. The molecule has 1 unspecified atom stereocenters. The van der Waals surface area contributed by atoms with E-state index in [2.05, 4.69) is 21.2 Å². The van der Waals surface area contributed by atoms with Crippen LogP contribution in [0.4, 0.5) is 0 Å². The van der Waals surface area contributed by atoms with Crippen molar-refractivity contribution in [3.8, 4) is 0 Å². The molecule has 0 saturated carbocycles. The Morgan fingerprint density at radius 1 is 1.20 bits per heavy atom. The van der Waals surface area contributed by atoms with Gasteiger partial charge in [-0.2, -0.15) is 0 Å². The van der Waals surface area contributed by atoms with Crippen molar-refractivity contribution in [2.75, 3.05) is 6.61 Å². The van der Waals surface area contributed by atoms with Crippen molar-refractivity contribution in [1.29, 1.82) is 0 Å². The molecule has 2 N–H and O–H groups in total. The zero-order valence-corrected chi connectivity index (χ0v) is 12.7. The Balaban J connectivity index is 2.20. The zero-order chi connectivity index (χ0) is 14.5. The van der Waals surface area contributed by atoms with Crippen LogP contribution in [0.2, 0.25) is 0 Å². The lowest BCUT2D eigenvalue weighted by atomic mass is 10.1. The second-order valence-corrected chi connectivity index (χ2v) is 5.39. The summed E-state index contributed by atoms with van der Waals surface area (Å²) in [6.45, 7) is 1.75. The van der Waals surface area contributed by atoms with Crippen LogP contribution < -0.4 is 5.32 Å². The standard InChI is InChI=1S/C16H16BrNO2/c1-11-13(8-5-9-14(11)17)16(20)18-15(10-19)12-6-3-2-4-7-12/h2-9,15,19H,10H2,1H3,(H,18,20). The lowest BCUT2D eigenvalue weighted by Gasteiger charge is -2.17. The molecular weight excluding hydrogens is 318 g/mol. The van der Waals surface area contributed by atoms with E-state index in [0.29, 0.717) is 5.56 Å². The summed E-state index contributed by atoms with van der Waals surface area (Å²) in [5, 5.41) is 12.3. The second-order valence-electron chi connectivity index (χ2n) is 4.53. The first kappa shape index (κ1) is 14.8. The average Bonchev–Trinajstić information content (AvgIpc) is 2.48. The van der Waals surface area contributed by atoms with Gasteiger partial charge < -0.3 is 10.4 Å². The summed E-state index contributed by atoms with van der Waals surface area (Å²) in [4.78, 5) is 12.3. The van der Waals surface area contributed by atoms with Crippen molar-refractivity contribution in [3.63, 3.8) is 0 Å². The predicted molar refractivity (Wildman–Crippen MR) is 82.6 cm³/mol. The molecule has 0 aliphatic rings. The Morgan fingerprint density at radius 3 is 2.55 bits per heavy atom. The summed E-state index contributed by atoms with van der Waals surface area (Å²) >= 11 is 3.41. The Labute approximate surface area is 126 Å². The van der Waals surface area contributed by atoms with E-state index in [9.17, 15) is 9.90 Å². The SMILES string of the molecule is Cc1c(Br)cccc1C(=O)NC(CO)c1ccccc1. The van der Waals surface area contributed by atoms with Crippen LogP contribution in [-0.2, 0) is 0 Å². The van der Waals surface area contributed by atoms with Gasteiger partial charge >= 0.3 is 0 Å². The molecule has 4 heteroatoms. The highest BCUT2D eigenvalue weighted by Crippen LogP contribution is 2.20. The Bertz CT molecular complexity index is 599. The third-order valence-corrected chi connectivity index (χ3v) is 4.06. The van der Waals surface area contributed by atoms with E-state index in [1.54, 1.807) is 6.07 Å². The van der Waals surface area contributed by atoms with Gasteiger partial charge in [-0.1, -0.05) is 52.3 Å². The van der Waals surface area contributed by atoms with Gasteiger partial charge in [0.25, 0.3) is 5.91 Å². The minimum atomic E-state index is -0.401. The smallest absolute Gasteiger partial charge is 0.252 e. The van der Waals surface area contributed by atoms with Crippen molar-refractivity contribution >= 4 is 21.8 Å². The van der Waals surface area contributed by atoms with Crippen LogP contribution >= 0.6 is 15.9 Å². The molecule has 0 aliphatic heterocycles. The molecule has 0 spiro atoms. The van der Waals surface area contributed by atoms with Crippen LogP contribution in [0.5, 0.6) is 0 Å². The molecular formula is C16H16BrNO2. The maximum Gasteiger partial charge on any atom is 0.252 e. The molecule has 0 aliphatic carbocycles. The van der Waals surface area contributed by atoms with Crippen LogP contribution in [0.1, 0.15) is 27.5 Å². The van der Waals surface area contributed by atoms with Crippen molar-refractivity contribution in [2.24, 2.45) is 0 Å². The maximum atomic E-state index is 12.3. The van der Waals surface area contributed by atoms with Crippen molar-refractivity contribution < 1.29 is 9.90 Å². The van der Waals surface area contributed by atoms with Crippen LogP contribution in [0.15, 0.2) is 53.0 Å². The van der Waals surface area contributed by atoms with Gasteiger partial charge in [0.15, 0.2) is 0 Å². The number of hydrogen-bond donors (Lipinski definition) is 2. The second kappa shape index (κ2) is 6.68. The van der Waals surface area contributed by atoms with Gasteiger partial charge in [-0.05, 0) is 30.2 Å². The summed E-state index contributed by atoms with van der Waals surface area (Å²) in [7, 11) is 0. The molecule has 0 aromatic heterocycles. The zero-order valence-electron chi connectivity index (χ0n) is 11.1. The highest BCUT2D eigenvalue weighted by molar-refractivity contribution is 9.10. The number of nitrogens with one attached hydrogen (secondary N) is 1. The lowest BCUT2D eigenvalue weighted by molar-refractivity contribution is 0.0915. The minimum Gasteiger partial charge on any atom is -0.394 e. The highest BCUT2D eigenvalue weighted by atomic mass is 79.9. The van der Waals surface area contributed by atoms with Crippen LogP contribution in [0.3, 0.4) is 0 Å². The van der Waals surface area contributed by atoms with E-state index in [4.69, 9.17) is 0 Å². The van der Waals surface area contributed by atoms with E-state index in [0.717, 1.165) is 15.6 Å². The number of carbonyl (C=O) groups excluding carboxylic acids is 1. The van der Waals surface area contributed by atoms with Crippen molar-refractivity contribution in [2.45, 2.75) is 13.0 Å². The summed E-state index contributed by atoms with van der Waals surface area (Å²) in [6, 6.07) is 14.5.